The molecule has 3 rings (SSSR count). The molecular weight excluding hydrogens is 316 g/mol. The number of amides is 1. The van der Waals surface area contributed by atoms with E-state index < -0.39 is 0 Å². The lowest BCUT2D eigenvalue weighted by atomic mass is 9.92. The lowest BCUT2D eigenvalue weighted by molar-refractivity contribution is 0.0521. The van der Waals surface area contributed by atoms with Crippen LogP contribution in [0.2, 0.25) is 0 Å². The predicted molar refractivity (Wildman–Crippen MR) is 96.8 cm³/mol. The zero-order chi connectivity index (χ0) is 17.8. The average molecular weight is 340 g/mol. The first-order chi connectivity index (χ1) is 12.0. The number of hydrogen-bond acceptors (Lipinski definition) is 5. The lowest BCUT2D eigenvalue weighted by Crippen LogP contribution is -2.40. The molecule has 1 aromatic heterocycles. The Morgan fingerprint density at radius 1 is 1.24 bits per heavy atom. The molecule has 1 atom stereocenters. The fourth-order valence-electron chi connectivity index (χ4n) is 3.11. The Kier molecular flexibility index (Phi) is 5.28. The Morgan fingerprint density at radius 3 is 2.64 bits per heavy atom. The van der Waals surface area contributed by atoms with Crippen molar-refractivity contribution in [2.24, 2.45) is 5.92 Å². The van der Waals surface area contributed by atoms with Gasteiger partial charge in [-0.1, -0.05) is 6.07 Å². The number of carbonyl (C=O) groups excluding carboxylic acids is 1. The Bertz CT molecular complexity index is 722. The van der Waals surface area contributed by atoms with Gasteiger partial charge in [0.25, 0.3) is 5.91 Å². The molecular formula is C19H24N4O2. The van der Waals surface area contributed by atoms with Crippen molar-refractivity contribution in [1.29, 1.82) is 0 Å². The van der Waals surface area contributed by atoms with E-state index in [1.54, 1.807) is 0 Å². The van der Waals surface area contributed by atoms with Gasteiger partial charge in [-0.05, 0) is 62.9 Å². The van der Waals surface area contributed by atoms with E-state index >= 15 is 0 Å². The van der Waals surface area contributed by atoms with Crippen LogP contribution in [0.25, 0.3) is 0 Å². The highest BCUT2D eigenvalue weighted by Gasteiger charge is 2.26. The smallest absolute Gasteiger partial charge is 0.253 e. The van der Waals surface area contributed by atoms with Crippen molar-refractivity contribution in [1.82, 2.24) is 15.1 Å². The molecule has 1 saturated heterocycles. The zero-order valence-corrected chi connectivity index (χ0v) is 14.6. The van der Waals surface area contributed by atoms with Gasteiger partial charge < -0.3 is 15.3 Å². The summed E-state index contributed by atoms with van der Waals surface area (Å²) in [5, 5.41) is 21.0. The first-order valence-electron chi connectivity index (χ1n) is 8.67. The monoisotopic (exact) mass is 340 g/mol. The summed E-state index contributed by atoms with van der Waals surface area (Å²) in [5.74, 6) is 0.966. The minimum absolute atomic E-state index is 0.0303. The van der Waals surface area contributed by atoms with Crippen molar-refractivity contribution in [3.05, 3.63) is 47.7 Å². The fraction of sp³-hybridized carbons (Fsp3) is 0.421. The van der Waals surface area contributed by atoms with Gasteiger partial charge in [0.1, 0.15) is 0 Å². The minimum Gasteiger partial charge on any atom is -0.393 e. The summed E-state index contributed by atoms with van der Waals surface area (Å²) in [4.78, 5) is 14.6. The van der Waals surface area contributed by atoms with E-state index in [9.17, 15) is 9.90 Å². The van der Waals surface area contributed by atoms with E-state index in [0.717, 1.165) is 24.2 Å². The van der Waals surface area contributed by atoms with Gasteiger partial charge in [0, 0.05) is 24.3 Å². The first kappa shape index (κ1) is 17.4. The second-order valence-corrected chi connectivity index (χ2v) is 6.64. The first-order valence-corrected chi connectivity index (χ1v) is 8.67. The quantitative estimate of drug-likeness (QED) is 0.895. The number of hydrogen-bond donors (Lipinski definition) is 2. The molecule has 6 nitrogen and oxygen atoms in total. The van der Waals surface area contributed by atoms with Gasteiger partial charge >= 0.3 is 0 Å². The topological polar surface area (TPSA) is 78.4 Å². The number of aliphatic hydroxyl groups is 1. The molecule has 1 fully saturated rings. The molecule has 1 unspecified atom stereocenters. The third-order valence-electron chi connectivity index (χ3n) is 4.69. The lowest BCUT2D eigenvalue weighted by Gasteiger charge is -2.33. The van der Waals surface area contributed by atoms with Crippen LogP contribution in [0.3, 0.4) is 0 Å². The number of rotatable bonds is 4. The van der Waals surface area contributed by atoms with Crippen molar-refractivity contribution in [2.75, 3.05) is 18.4 Å². The second kappa shape index (κ2) is 7.61. The van der Waals surface area contributed by atoms with Gasteiger partial charge in [0.05, 0.1) is 11.8 Å². The number of nitrogens with zero attached hydrogens (tertiary/aromatic N) is 3. The number of aromatic nitrogens is 2. The number of aryl methyl sites for hydroxylation is 1. The molecule has 6 heteroatoms. The van der Waals surface area contributed by atoms with Gasteiger partial charge in [-0.3, -0.25) is 4.79 Å². The summed E-state index contributed by atoms with van der Waals surface area (Å²) >= 11 is 0. The molecule has 25 heavy (non-hydrogen) atoms. The molecule has 0 saturated carbocycles. The summed E-state index contributed by atoms with van der Waals surface area (Å²) in [6.07, 6.45) is 1.39. The van der Waals surface area contributed by atoms with Crippen LogP contribution in [0.15, 0.2) is 36.4 Å². The number of carbonyl (C=O) groups is 1. The molecule has 132 valence electrons. The Hall–Kier alpha value is -2.47. The molecule has 2 heterocycles. The summed E-state index contributed by atoms with van der Waals surface area (Å²) in [5.41, 5.74) is 2.32. The van der Waals surface area contributed by atoms with Crippen molar-refractivity contribution in [3.63, 3.8) is 0 Å². The third-order valence-corrected chi connectivity index (χ3v) is 4.69. The Labute approximate surface area is 147 Å². The predicted octanol–water partition coefficient (Wildman–Crippen LogP) is 2.76. The van der Waals surface area contributed by atoms with Crippen LogP contribution < -0.4 is 5.32 Å². The van der Waals surface area contributed by atoms with Gasteiger partial charge in [-0.15, -0.1) is 5.10 Å². The standard InChI is InChI=1S/C19H24N4O2/c1-13-6-7-18(22-21-13)20-17-5-3-4-16(12-17)19(25)23-10-8-15(9-11-23)14(2)24/h3-7,12,14-15,24H,8-11H2,1-2H3,(H,20,22). The van der Waals surface area contributed by atoms with Crippen LogP contribution in [0.4, 0.5) is 11.5 Å². The molecule has 2 aromatic rings. The van der Waals surface area contributed by atoms with E-state index in [-0.39, 0.29) is 17.9 Å². The molecule has 0 spiro atoms. The zero-order valence-electron chi connectivity index (χ0n) is 14.6. The van der Waals surface area contributed by atoms with E-state index in [4.69, 9.17) is 0 Å². The number of likely N-dealkylation sites (tertiary alicyclic amines) is 1. The van der Waals surface area contributed by atoms with Gasteiger partial charge in [0.2, 0.25) is 0 Å². The molecule has 0 bridgehead atoms. The molecule has 0 radical (unpaired) electrons. The van der Waals surface area contributed by atoms with Crippen LogP contribution >= 0.6 is 0 Å². The van der Waals surface area contributed by atoms with E-state index in [0.29, 0.717) is 24.5 Å². The molecule has 1 aromatic carbocycles. The fourth-order valence-corrected chi connectivity index (χ4v) is 3.11. The highest BCUT2D eigenvalue weighted by Crippen LogP contribution is 2.23. The summed E-state index contributed by atoms with van der Waals surface area (Å²) in [7, 11) is 0. The van der Waals surface area contributed by atoms with E-state index in [1.165, 1.54) is 0 Å². The SMILES string of the molecule is Cc1ccc(Nc2cccc(C(=O)N3CCC(C(C)O)CC3)c2)nn1. The van der Waals surface area contributed by atoms with Gasteiger partial charge in [0.15, 0.2) is 5.82 Å². The summed E-state index contributed by atoms with van der Waals surface area (Å²) in [6, 6.07) is 11.2. The summed E-state index contributed by atoms with van der Waals surface area (Å²) in [6.45, 7) is 5.09. The normalized spacial score (nSPS) is 16.5. The van der Waals surface area contributed by atoms with E-state index in [2.05, 4.69) is 15.5 Å². The number of piperidine rings is 1. The number of benzene rings is 1. The molecule has 0 aliphatic carbocycles. The number of anilines is 2. The van der Waals surface area contributed by atoms with Crippen LogP contribution in [-0.4, -0.2) is 45.3 Å². The van der Waals surface area contributed by atoms with Crippen molar-refractivity contribution >= 4 is 17.4 Å². The molecule has 1 aliphatic rings. The third kappa shape index (κ3) is 4.33. The summed E-state index contributed by atoms with van der Waals surface area (Å²) < 4.78 is 0. The van der Waals surface area contributed by atoms with Crippen LogP contribution in [0, 0.1) is 12.8 Å². The van der Waals surface area contributed by atoms with Crippen LogP contribution in [-0.2, 0) is 0 Å². The highest BCUT2D eigenvalue weighted by atomic mass is 16.3. The number of aliphatic hydroxyl groups excluding tert-OH is 1. The van der Waals surface area contributed by atoms with E-state index in [1.807, 2.05) is 55.1 Å². The van der Waals surface area contributed by atoms with Gasteiger partial charge in [-0.2, -0.15) is 5.10 Å². The van der Waals surface area contributed by atoms with Gasteiger partial charge in [-0.25, -0.2) is 0 Å². The highest BCUT2D eigenvalue weighted by molar-refractivity contribution is 5.95. The molecule has 1 amide bonds. The maximum atomic E-state index is 12.7. The van der Waals surface area contributed by atoms with Crippen molar-refractivity contribution in [2.45, 2.75) is 32.8 Å². The number of nitrogens with one attached hydrogen (secondary N) is 1. The Balaban J connectivity index is 1.66. The molecule has 2 N–H and O–H groups in total. The second-order valence-electron chi connectivity index (χ2n) is 6.64. The van der Waals surface area contributed by atoms with Crippen LogP contribution in [0.1, 0.15) is 35.8 Å². The maximum absolute atomic E-state index is 12.7. The largest absolute Gasteiger partial charge is 0.393 e. The maximum Gasteiger partial charge on any atom is 0.253 e. The average Bonchev–Trinajstić information content (AvgIpc) is 2.63. The van der Waals surface area contributed by atoms with Crippen LogP contribution in [0.5, 0.6) is 0 Å². The minimum atomic E-state index is -0.305. The Morgan fingerprint density at radius 2 is 2.00 bits per heavy atom. The molecule has 1 aliphatic heterocycles. The van der Waals surface area contributed by atoms with Crippen molar-refractivity contribution in [3.8, 4) is 0 Å². The van der Waals surface area contributed by atoms with Crippen molar-refractivity contribution < 1.29 is 9.90 Å².